The van der Waals surface area contributed by atoms with Crippen molar-refractivity contribution in [1.82, 2.24) is 4.90 Å². The molecule has 0 radical (unpaired) electrons. The minimum atomic E-state index is -1.07. The lowest BCUT2D eigenvalue weighted by molar-refractivity contribution is -0.147. The molecule has 3 rings (SSSR count). The van der Waals surface area contributed by atoms with Crippen molar-refractivity contribution in [2.75, 3.05) is 19.8 Å². The summed E-state index contributed by atoms with van der Waals surface area (Å²) in [6, 6.07) is 6.49. The molecule has 0 bridgehead atoms. The first-order valence-corrected chi connectivity index (χ1v) is 7.57. The minimum Gasteiger partial charge on any atom is -0.480 e. The van der Waals surface area contributed by atoms with Crippen LogP contribution in [-0.2, 0) is 9.53 Å². The van der Waals surface area contributed by atoms with E-state index in [4.69, 9.17) is 16.3 Å². The number of benzene rings is 1. The molecule has 1 fully saturated rings. The molecule has 1 aromatic heterocycles. The summed E-state index contributed by atoms with van der Waals surface area (Å²) in [6.07, 6.45) is 0. The van der Waals surface area contributed by atoms with E-state index in [1.54, 1.807) is 0 Å². The molecular weight excluding hydrogens is 314 g/mol. The Balaban J connectivity index is 1.99. The van der Waals surface area contributed by atoms with Crippen molar-refractivity contribution in [1.29, 1.82) is 0 Å². The SMILES string of the molecule is O=C(O)[C@H]1COCCN1C(=O)c1sc2ccccc2c1Cl. The quantitative estimate of drug-likeness (QED) is 0.921. The van der Waals surface area contributed by atoms with Gasteiger partial charge >= 0.3 is 5.97 Å². The average molecular weight is 326 g/mol. The summed E-state index contributed by atoms with van der Waals surface area (Å²) < 4.78 is 6.05. The van der Waals surface area contributed by atoms with E-state index in [-0.39, 0.29) is 19.1 Å². The van der Waals surface area contributed by atoms with Crippen LogP contribution in [0.5, 0.6) is 0 Å². The van der Waals surface area contributed by atoms with Crippen molar-refractivity contribution < 1.29 is 19.4 Å². The molecule has 1 aliphatic rings. The maximum atomic E-state index is 12.6. The Labute approximate surface area is 129 Å². The number of hydrogen-bond donors (Lipinski definition) is 1. The zero-order valence-corrected chi connectivity index (χ0v) is 12.5. The second kappa shape index (κ2) is 5.63. The molecule has 0 aliphatic carbocycles. The number of thiophene rings is 1. The monoisotopic (exact) mass is 325 g/mol. The van der Waals surface area contributed by atoms with Gasteiger partial charge in [0.1, 0.15) is 4.88 Å². The Morgan fingerprint density at radius 3 is 2.86 bits per heavy atom. The Bertz CT molecular complexity index is 714. The van der Waals surface area contributed by atoms with Crippen molar-refractivity contribution in [3.05, 3.63) is 34.2 Å². The van der Waals surface area contributed by atoms with Crippen LogP contribution in [0.4, 0.5) is 0 Å². The number of aliphatic carboxylic acids is 1. The highest BCUT2D eigenvalue weighted by molar-refractivity contribution is 7.21. The molecule has 7 heteroatoms. The number of carboxylic acids is 1. The molecule has 1 aliphatic heterocycles. The normalized spacial score (nSPS) is 18.9. The van der Waals surface area contributed by atoms with Crippen molar-refractivity contribution in [3.63, 3.8) is 0 Å². The zero-order chi connectivity index (χ0) is 15.0. The van der Waals surface area contributed by atoms with Crippen molar-refractivity contribution >= 4 is 44.9 Å². The maximum absolute atomic E-state index is 12.6. The van der Waals surface area contributed by atoms with Gasteiger partial charge in [-0.2, -0.15) is 0 Å². The highest BCUT2D eigenvalue weighted by Gasteiger charge is 2.35. The number of carboxylic acid groups (broad SMARTS) is 1. The maximum Gasteiger partial charge on any atom is 0.328 e. The first-order chi connectivity index (χ1) is 10.1. The summed E-state index contributed by atoms with van der Waals surface area (Å²) in [5.74, 6) is -1.42. The highest BCUT2D eigenvalue weighted by atomic mass is 35.5. The molecule has 5 nitrogen and oxygen atoms in total. The van der Waals surface area contributed by atoms with Gasteiger partial charge in [-0.15, -0.1) is 11.3 Å². The van der Waals surface area contributed by atoms with Crippen LogP contribution >= 0.6 is 22.9 Å². The molecule has 1 aromatic carbocycles. The largest absolute Gasteiger partial charge is 0.480 e. The molecule has 1 atom stereocenters. The number of nitrogens with zero attached hydrogens (tertiary/aromatic N) is 1. The van der Waals surface area contributed by atoms with Gasteiger partial charge in [0.05, 0.1) is 18.2 Å². The fourth-order valence-electron chi connectivity index (χ4n) is 2.33. The number of fused-ring (bicyclic) bond motifs is 1. The highest BCUT2D eigenvalue weighted by Crippen LogP contribution is 2.36. The predicted molar refractivity (Wildman–Crippen MR) is 80.1 cm³/mol. The number of carbonyl (C=O) groups excluding carboxylic acids is 1. The number of halogens is 1. The summed E-state index contributed by atoms with van der Waals surface area (Å²) >= 11 is 7.57. The van der Waals surface area contributed by atoms with E-state index in [2.05, 4.69) is 0 Å². The predicted octanol–water partition coefficient (Wildman–Crippen LogP) is 2.48. The van der Waals surface area contributed by atoms with Gasteiger partial charge in [-0.05, 0) is 6.07 Å². The van der Waals surface area contributed by atoms with E-state index in [1.807, 2.05) is 24.3 Å². The van der Waals surface area contributed by atoms with Crippen LogP contribution in [-0.4, -0.2) is 47.7 Å². The van der Waals surface area contributed by atoms with Crippen LogP contribution in [0.1, 0.15) is 9.67 Å². The third-order valence-corrected chi connectivity index (χ3v) is 5.07. The lowest BCUT2D eigenvalue weighted by Crippen LogP contribution is -2.52. The average Bonchev–Trinajstić information content (AvgIpc) is 2.84. The van der Waals surface area contributed by atoms with Crippen molar-refractivity contribution in [2.45, 2.75) is 6.04 Å². The molecule has 1 N–H and O–H groups in total. The van der Waals surface area contributed by atoms with E-state index in [0.29, 0.717) is 16.5 Å². The van der Waals surface area contributed by atoms with Gasteiger partial charge in [-0.3, -0.25) is 4.79 Å². The molecule has 21 heavy (non-hydrogen) atoms. The summed E-state index contributed by atoms with van der Waals surface area (Å²) in [7, 11) is 0. The van der Waals surface area contributed by atoms with Crippen molar-refractivity contribution in [2.24, 2.45) is 0 Å². The summed E-state index contributed by atoms with van der Waals surface area (Å²) in [5, 5.41) is 10.4. The van der Waals surface area contributed by atoms with Crippen LogP contribution < -0.4 is 0 Å². The first kappa shape index (κ1) is 14.3. The van der Waals surface area contributed by atoms with E-state index >= 15 is 0 Å². The van der Waals surface area contributed by atoms with Gasteiger partial charge in [-0.1, -0.05) is 29.8 Å². The lowest BCUT2D eigenvalue weighted by atomic mass is 10.2. The number of amides is 1. The van der Waals surface area contributed by atoms with Crippen LogP contribution in [0.3, 0.4) is 0 Å². The van der Waals surface area contributed by atoms with E-state index in [1.165, 1.54) is 16.2 Å². The second-order valence-corrected chi connectivity index (χ2v) is 6.10. The molecule has 0 unspecified atom stereocenters. The molecule has 110 valence electrons. The molecule has 2 heterocycles. The van der Waals surface area contributed by atoms with Crippen LogP contribution in [0, 0.1) is 0 Å². The Morgan fingerprint density at radius 2 is 2.14 bits per heavy atom. The number of morpholine rings is 1. The number of hydrogen-bond acceptors (Lipinski definition) is 4. The fourth-order valence-corrected chi connectivity index (χ4v) is 3.80. The van der Waals surface area contributed by atoms with E-state index in [0.717, 1.165) is 10.1 Å². The number of ether oxygens (including phenoxy) is 1. The molecule has 0 spiro atoms. The zero-order valence-electron chi connectivity index (χ0n) is 10.9. The van der Waals surface area contributed by atoms with Crippen LogP contribution in [0.15, 0.2) is 24.3 Å². The van der Waals surface area contributed by atoms with Gasteiger partial charge in [0.25, 0.3) is 5.91 Å². The number of carbonyl (C=O) groups is 2. The summed E-state index contributed by atoms with van der Waals surface area (Å²) in [4.78, 5) is 25.6. The molecule has 1 saturated heterocycles. The van der Waals surface area contributed by atoms with Gasteiger partial charge in [0, 0.05) is 16.6 Å². The Morgan fingerprint density at radius 1 is 1.38 bits per heavy atom. The lowest BCUT2D eigenvalue weighted by Gasteiger charge is -2.32. The minimum absolute atomic E-state index is 0.00356. The summed E-state index contributed by atoms with van der Waals surface area (Å²) in [5.41, 5.74) is 0. The van der Waals surface area contributed by atoms with E-state index in [9.17, 15) is 14.7 Å². The standard InChI is InChI=1S/C14H12ClNO4S/c15-11-8-3-1-2-4-10(8)21-12(11)13(17)16-5-6-20-7-9(16)14(18)19/h1-4,9H,5-7H2,(H,18,19)/t9-/m1/s1. The topological polar surface area (TPSA) is 66.8 Å². The third kappa shape index (κ3) is 2.50. The van der Waals surface area contributed by atoms with Gasteiger partial charge in [0.15, 0.2) is 6.04 Å². The smallest absolute Gasteiger partial charge is 0.328 e. The van der Waals surface area contributed by atoms with Gasteiger partial charge < -0.3 is 14.7 Å². The molecular formula is C14H12ClNO4S. The van der Waals surface area contributed by atoms with Gasteiger partial charge in [-0.25, -0.2) is 4.79 Å². The second-order valence-electron chi connectivity index (χ2n) is 4.67. The number of rotatable bonds is 2. The third-order valence-electron chi connectivity index (χ3n) is 3.40. The molecule has 2 aromatic rings. The summed E-state index contributed by atoms with van der Waals surface area (Å²) in [6.45, 7) is 0.585. The Hall–Kier alpha value is -1.63. The van der Waals surface area contributed by atoms with Crippen LogP contribution in [0.2, 0.25) is 5.02 Å². The van der Waals surface area contributed by atoms with E-state index < -0.39 is 12.0 Å². The molecule has 0 saturated carbocycles. The first-order valence-electron chi connectivity index (χ1n) is 6.38. The van der Waals surface area contributed by atoms with Crippen LogP contribution in [0.25, 0.3) is 10.1 Å². The molecule has 1 amide bonds. The fraction of sp³-hybridized carbons (Fsp3) is 0.286. The van der Waals surface area contributed by atoms with Crippen molar-refractivity contribution in [3.8, 4) is 0 Å². The van der Waals surface area contributed by atoms with Gasteiger partial charge in [0.2, 0.25) is 0 Å². The Kier molecular flexibility index (Phi) is 3.84.